The quantitative estimate of drug-likeness (QED) is 0.0213. The highest BCUT2D eigenvalue weighted by molar-refractivity contribution is 7.47. The van der Waals surface area contributed by atoms with Crippen molar-refractivity contribution in [2.45, 2.75) is 302 Å². The number of phosphoric ester groups is 1. The summed E-state index contributed by atoms with van der Waals surface area (Å²) in [6.45, 7) is 5.67. The summed E-state index contributed by atoms with van der Waals surface area (Å²) < 4.78 is 35.3. The van der Waals surface area contributed by atoms with Crippen molar-refractivity contribution in [2.75, 3.05) is 54.1 Å². The Morgan fingerprint density at radius 3 is 1.15 bits per heavy atom. The molecule has 0 heterocycles. The summed E-state index contributed by atoms with van der Waals surface area (Å²) in [5.41, 5.74) is 0. The molecular formula is C62H121NO7P+. The Kier molecular flexibility index (Phi) is 54.0. The molecule has 0 rings (SSSR count). The lowest BCUT2D eigenvalue weighted by Crippen LogP contribution is -2.37. The van der Waals surface area contributed by atoms with Crippen molar-refractivity contribution < 1.29 is 37.3 Å². The summed E-state index contributed by atoms with van der Waals surface area (Å²) in [6, 6.07) is 0. The molecule has 2 atom stereocenters. The van der Waals surface area contributed by atoms with Gasteiger partial charge >= 0.3 is 13.8 Å². The van der Waals surface area contributed by atoms with E-state index in [2.05, 4.69) is 50.3 Å². The van der Waals surface area contributed by atoms with Crippen LogP contribution in [-0.4, -0.2) is 75.6 Å². The van der Waals surface area contributed by atoms with Crippen molar-refractivity contribution in [1.82, 2.24) is 0 Å². The maximum absolute atomic E-state index is 12.8. The first-order chi connectivity index (χ1) is 34.6. The molecule has 0 spiro atoms. The molecule has 71 heavy (non-hydrogen) atoms. The van der Waals surface area contributed by atoms with Gasteiger partial charge in [0.2, 0.25) is 0 Å². The van der Waals surface area contributed by atoms with Gasteiger partial charge in [0, 0.05) is 13.0 Å². The van der Waals surface area contributed by atoms with Crippen molar-refractivity contribution in [3.05, 3.63) is 36.5 Å². The molecule has 0 aliphatic rings. The zero-order chi connectivity index (χ0) is 51.9. The number of esters is 1. The van der Waals surface area contributed by atoms with Crippen LogP contribution in [0.25, 0.3) is 0 Å². The standard InChI is InChI=1S/C62H120NO7P/c1-6-8-10-12-14-16-18-20-22-24-26-28-30-31-32-34-36-38-40-42-44-46-48-50-52-54-57-67-59-61(60-69-71(65,66)68-58-56-63(3,4)5)70-62(64)55-53-51-49-47-45-43-41-39-37-35-33-29-27-25-23-21-19-17-15-13-11-9-7-2/h18,20,24-27,61H,6-17,19,21-23,28-60H2,1-5H3/p+1/b20-18-,26-24-,27-25-. The predicted octanol–water partition coefficient (Wildman–Crippen LogP) is 19.6. The van der Waals surface area contributed by atoms with Crippen molar-refractivity contribution in [2.24, 2.45) is 0 Å². The van der Waals surface area contributed by atoms with Crippen LogP contribution in [0.2, 0.25) is 0 Å². The van der Waals surface area contributed by atoms with E-state index < -0.39 is 13.9 Å². The molecule has 0 saturated heterocycles. The van der Waals surface area contributed by atoms with E-state index in [9.17, 15) is 14.3 Å². The molecule has 0 aromatic heterocycles. The molecule has 0 aliphatic carbocycles. The summed E-state index contributed by atoms with van der Waals surface area (Å²) in [4.78, 5) is 23.1. The summed E-state index contributed by atoms with van der Waals surface area (Å²) >= 11 is 0. The van der Waals surface area contributed by atoms with E-state index in [1.165, 1.54) is 238 Å². The first-order valence-corrected chi connectivity index (χ1v) is 32.2. The van der Waals surface area contributed by atoms with Crippen LogP contribution in [0.1, 0.15) is 296 Å². The maximum atomic E-state index is 12.8. The van der Waals surface area contributed by atoms with Gasteiger partial charge in [-0.05, 0) is 70.6 Å². The highest BCUT2D eigenvalue weighted by Crippen LogP contribution is 2.43. The molecule has 0 fully saturated rings. The normalized spacial score (nSPS) is 13.6. The van der Waals surface area contributed by atoms with Crippen molar-refractivity contribution in [3.8, 4) is 0 Å². The maximum Gasteiger partial charge on any atom is 0.472 e. The molecule has 2 unspecified atom stereocenters. The Morgan fingerprint density at radius 2 is 0.775 bits per heavy atom. The third-order valence-corrected chi connectivity index (χ3v) is 14.7. The second-order valence-electron chi connectivity index (χ2n) is 22.1. The molecular weight excluding hydrogens is 902 g/mol. The third-order valence-electron chi connectivity index (χ3n) is 13.7. The number of quaternary nitrogens is 1. The Balaban J connectivity index is 4.01. The van der Waals surface area contributed by atoms with Crippen molar-refractivity contribution >= 4 is 13.8 Å². The number of unbranched alkanes of at least 4 members (excludes halogenated alkanes) is 38. The molecule has 0 amide bonds. The van der Waals surface area contributed by atoms with Crippen LogP contribution in [0, 0.1) is 0 Å². The molecule has 0 aromatic rings. The van der Waals surface area contributed by atoms with E-state index in [4.69, 9.17) is 18.5 Å². The average molecular weight is 1020 g/mol. The van der Waals surface area contributed by atoms with E-state index in [0.717, 1.165) is 38.5 Å². The lowest BCUT2D eigenvalue weighted by atomic mass is 10.0. The molecule has 8 nitrogen and oxygen atoms in total. The number of likely N-dealkylation sites (N-methyl/N-ethyl adjacent to an activating group) is 1. The number of ether oxygens (including phenoxy) is 2. The fourth-order valence-electron chi connectivity index (χ4n) is 8.93. The van der Waals surface area contributed by atoms with Crippen LogP contribution in [0.15, 0.2) is 36.5 Å². The van der Waals surface area contributed by atoms with Crippen LogP contribution in [0.5, 0.6) is 0 Å². The molecule has 0 saturated carbocycles. The zero-order valence-corrected chi connectivity index (χ0v) is 48.9. The topological polar surface area (TPSA) is 91.3 Å². The molecule has 0 bridgehead atoms. The van der Waals surface area contributed by atoms with Crippen LogP contribution >= 0.6 is 7.82 Å². The minimum atomic E-state index is -4.29. The number of hydrogen-bond acceptors (Lipinski definition) is 6. The fraction of sp³-hybridized carbons (Fsp3) is 0.887. The smallest absolute Gasteiger partial charge is 0.457 e. The summed E-state index contributed by atoms with van der Waals surface area (Å²) in [6.07, 6.45) is 69.3. The van der Waals surface area contributed by atoms with Gasteiger partial charge in [-0.15, -0.1) is 0 Å². The lowest BCUT2D eigenvalue weighted by Gasteiger charge is -2.24. The lowest BCUT2D eigenvalue weighted by molar-refractivity contribution is -0.870. The number of carbonyl (C=O) groups excluding carboxylic acids is 1. The minimum Gasteiger partial charge on any atom is -0.457 e. The van der Waals surface area contributed by atoms with Gasteiger partial charge in [-0.3, -0.25) is 13.8 Å². The Hall–Kier alpha value is -1.28. The molecule has 0 aliphatic heterocycles. The van der Waals surface area contributed by atoms with E-state index >= 15 is 0 Å². The van der Waals surface area contributed by atoms with E-state index in [1.54, 1.807) is 0 Å². The number of hydrogen-bond donors (Lipinski definition) is 1. The summed E-state index contributed by atoms with van der Waals surface area (Å²) in [5, 5.41) is 0. The fourth-order valence-corrected chi connectivity index (χ4v) is 9.68. The summed E-state index contributed by atoms with van der Waals surface area (Å²) in [5.74, 6) is -0.309. The van der Waals surface area contributed by atoms with Crippen LogP contribution in [0.4, 0.5) is 0 Å². The van der Waals surface area contributed by atoms with Crippen molar-refractivity contribution in [3.63, 3.8) is 0 Å². The highest BCUT2D eigenvalue weighted by atomic mass is 31.2. The van der Waals surface area contributed by atoms with Crippen LogP contribution in [0.3, 0.4) is 0 Å². The van der Waals surface area contributed by atoms with Gasteiger partial charge in [0.15, 0.2) is 0 Å². The van der Waals surface area contributed by atoms with E-state index in [0.29, 0.717) is 24.1 Å². The van der Waals surface area contributed by atoms with Crippen LogP contribution in [-0.2, 0) is 27.9 Å². The Bertz CT molecular complexity index is 1230. The number of phosphoric acid groups is 1. The average Bonchev–Trinajstić information content (AvgIpc) is 3.33. The monoisotopic (exact) mass is 1020 g/mol. The van der Waals surface area contributed by atoms with E-state index in [-0.39, 0.29) is 25.8 Å². The molecule has 9 heteroatoms. The number of rotatable bonds is 58. The summed E-state index contributed by atoms with van der Waals surface area (Å²) in [7, 11) is 1.68. The molecule has 1 N–H and O–H groups in total. The second kappa shape index (κ2) is 55.0. The minimum absolute atomic E-state index is 0.0899. The first kappa shape index (κ1) is 69.7. The molecule has 0 radical (unpaired) electrons. The Morgan fingerprint density at radius 1 is 0.437 bits per heavy atom. The largest absolute Gasteiger partial charge is 0.472 e. The highest BCUT2D eigenvalue weighted by Gasteiger charge is 2.26. The van der Waals surface area contributed by atoms with Gasteiger partial charge in [0.25, 0.3) is 0 Å². The van der Waals surface area contributed by atoms with Gasteiger partial charge in [0.1, 0.15) is 19.3 Å². The molecule has 420 valence electrons. The van der Waals surface area contributed by atoms with E-state index in [1.807, 2.05) is 21.1 Å². The number of nitrogens with zero attached hydrogens (tertiary/aromatic N) is 1. The van der Waals surface area contributed by atoms with Crippen molar-refractivity contribution in [1.29, 1.82) is 0 Å². The van der Waals surface area contributed by atoms with Crippen LogP contribution < -0.4 is 0 Å². The van der Waals surface area contributed by atoms with Gasteiger partial charge in [-0.25, -0.2) is 4.57 Å². The SMILES string of the molecule is CCCCCCC/C=C\C/C=C\CCCCCCCCCCCCCCCCOCC(COP(=O)(O)OCC[N+](C)(C)C)OC(=O)CCCCCCCCCCCCC/C=C\CCCCCCCCCC. The second-order valence-corrected chi connectivity index (χ2v) is 23.5. The Labute approximate surface area is 442 Å². The number of allylic oxidation sites excluding steroid dienone is 6. The van der Waals surface area contributed by atoms with Gasteiger partial charge < -0.3 is 18.9 Å². The molecule has 0 aromatic carbocycles. The van der Waals surface area contributed by atoms with Gasteiger partial charge in [-0.1, -0.05) is 256 Å². The predicted molar refractivity (Wildman–Crippen MR) is 307 cm³/mol. The zero-order valence-electron chi connectivity index (χ0n) is 48.0. The van der Waals surface area contributed by atoms with Gasteiger partial charge in [0.05, 0.1) is 34.4 Å². The third kappa shape index (κ3) is 59.5. The first-order valence-electron chi connectivity index (χ1n) is 30.7. The van der Waals surface area contributed by atoms with Gasteiger partial charge in [-0.2, -0.15) is 0 Å². The number of carbonyl (C=O) groups is 1.